The van der Waals surface area contributed by atoms with Crippen LogP contribution in [-0.2, 0) is 16.5 Å². The van der Waals surface area contributed by atoms with Crippen molar-refractivity contribution in [2.45, 2.75) is 69.6 Å². The van der Waals surface area contributed by atoms with Gasteiger partial charge in [0.2, 0.25) is 0 Å². The van der Waals surface area contributed by atoms with Crippen molar-refractivity contribution in [3.63, 3.8) is 0 Å². The van der Waals surface area contributed by atoms with E-state index in [0.29, 0.717) is 0 Å². The number of rotatable bonds is 10. The zero-order chi connectivity index (χ0) is 17.4. The second-order valence-electron chi connectivity index (χ2n) is 6.52. The third-order valence-electron chi connectivity index (χ3n) is 4.48. The van der Waals surface area contributed by atoms with Gasteiger partial charge in [0.15, 0.2) is 0 Å². The third-order valence-corrected chi connectivity index (χ3v) is 5.32. The molecule has 0 spiro atoms. The van der Waals surface area contributed by atoms with Crippen LogP contribution in [0.5, 0.6) is 0 Å². The average Bonchev–Trinajstić information content (AvgIpc) is 2.56. The van der Waals surface area contributed by atoms with Gasteiger partial charge in [0.1, 0.15) is 10.1 Å². The van der Waals surface area contributed by atoms with Gasteiger partial charge in [0.25, 0.3) is 0 Å². The Balaban J connectivity index is 0.00000312. The summed E-state index contributed by atoms with van der Waals surface area (Å²) in [6, 6.07) is 10.6. The van der Waals surface area contributed by atoms with Crippen molar-refractivity contribution in [2.75, 3.05) is 0 Å². The quantitative estimate of drug-likeness (QED) is 0.367. The maximum Gasteiger partial charge on any atom is 1.00 e. The molecule has 0 amide bonds. The summed E-state index contributed by atoms with van der Waals surface area (Å²) in [6.07, 6.45) is 11.5. The molecule has 0 bridgehead atoms. The topological polar surface area (TPSA) is 57.2 Å². The summed E-state index contributed by atoms with van der Waals surface area (Å²) in [5.41, 5.74) is 1.27. The smallest absolute Gasteiger partial charge is 0.744 e. The minimum absolute atomic E-state index is 0. The summed E-state index contributed by atoms with van der Waals surface area (Å²) in [7, 11) is -4.38. The second-order valence-corrected chi connectivity index (χ2v) is 7.90. The molecule has 0 atom stereocenters. The van der Waals surface area contributed by atoms with Gasteiger partial charge in [-0.1, -0.05) is 76.1 Å². The van der Waals surface area contributed by atoms with Crippen LogP contribution in [0.3, 0.4) is 0 Å². The Morgan fingerprint density at radius 2 is 1.36 bits per heavy atom. The van der Waals surface area contributed by atoms with Gasteiger partial charge in [-0.15, -0.1) is 0 Å². The zero-order valence-corrected chi connectivity index (χ0v) is 18.3. The molecule has 0 unspecified atom stereocenters. The number of benzene rings is 2. The molecule has 2 rings (SSSR count). The molecule has 0 saturated carbocycles. The van der Waals surface area contributed by atoms with Gasteiger partial charge in [-0.05, 0) is 41.3 Å². The molecule has 0 saturated heterocycles. The van der Waals surface area contributed by atoms with Crippen LogP contribution >= 0.6 is 0 Å². The molecule has 0 aromatic heterocycles. The van der Waals surface area contributed by atoms with Crippen LogP contribution in [0, 0.1) is 0 Å². The summed E-state index contributed by atoms with van der Waals surface area (Å²) in [5.74, 6) is 0. The molecular formula is C20H27NaO3S. The predicted octanol–water partition coefficient (Wildman–Crippen LogP) is 2.43. The van der Waals surface area contributed by atoms with Crippen LogP contribution in [-0.4, -0.2) is 13.0 Å². The van der Waals surface area contributed by atoms with Gasteiger partial charge in [-0.25, -0.2) is 8.42 Å². The van der Waals surface area contributed by atoms with Crippen LogP contribution in [0.25, 0.3) is 10.8 Å². The van der Waals surface area contributed by atoms with E-state index in [1.807, 2.05) is 12.1 Å². The van der Waals surface area contributed by atoms with Crippen molar-refractivity contribution in [1.29, 1.82) is 0 Å². The standard InChI is InChI=1S/C20H28O3S.Na/c1-2-3-4-5-6-7-8-9-10-17-11-12-19-16-20(24(21,22)23)14-13-18(19)15-17;/h11-16H,2-10H2,1H3,(H,21,22,23);/q;+1/p-1. The first kappa shape index (κ1) is 22.7. The van der Waals surface area contributed by atoms with Crippen LogP contribution in [0.4, 0.5) is 0 Å². The van der Waals surface area contributed by atoms with Crippen molar-refractivity contribution >= 4 is 20.9 Å². The van der Waals surface area contributed by atoms with Gasteiger partial charge < -0.3 is 4.55 Å². The van der Waals surface area contributed by atoms with Crippen molar-refractivity contribution in [3.05, 3.63) is 42.0 Å². The number of unbranched alkanes of at least 4 members (excludes halogenated alkanes) is 7. The van der Waals surface area contributed by atoms with Gasteiger partial charge in [-0.3, -0.25) is 0 Å². The number of aryl methyl sites for hydroxylation is 1. The van der Waals surface area contributed by atoms with E-state index in [1.165, 1.54) is 69.1 Å². The van der Waals surface area contributed by atoms with Crippen molar-refractivity contribution < 1.29 is 42.5 Å². The summed E-state index contributed by atoms with van der Waals surface area (Å²) in [5, 5.41) is 1.78. The maximum atomic E-state index is 11.1. The van der Waals surface area contributed by atoms with Crippen molar-refractivity contribution in [1.82, 2.24) is 0 Å². The molecule has 0 aliphatic carbocycles. The van der Waals surface area contributed by atoms with Gasteiger partial charge in [0, 0.05) is 0 Å². The Hall–Kier alpha value is -0.390. The number of hydrogen-bond acceptors (Lipinski definition) is 3. The first-order valence-electron chi connectivity index (χ1n) is 8.99. The molecule has 25 heavy (non-hydrogen) atoms. The number of fused-ring (bicyclic) bond motifs is 1. The summed E-state index contributed by atoms with van der Waals surface area (Å²) < 4.78 is 33.2. The fourth-order valence-electron chi connectivity index (χ4n) is 3.05. The van der Waals surface area contributed by atoms with E-state index in [1.54, 1.807) is 6.07 Å². The van der Waals surface area contributed by atoms with E-state index in [0.717, 1.165) is 17.2 Å². The molecule has 0 aliphatic heterocycles. The van der Waals surface area contributed by atoms with Crippen molar-refractivity contribution in [3.8, 4) is 0 Å². The molecule has 0 aliphatic rings. The molecule has 0 radical (unpaired) electrons. The summed E-state index contributed by atoms with van der Waals surface area (Å²) >= 11 is 0. The SMILES string of the molecule is CCCCCCCCCCc1ccc2cc(S(=O)(=O)[O-])ccc2c1.[Na+]. The molecule has 5 heteroatoms. The fourth-order valence-corrected chi connectivity index (χ4v) is 3.55. The van der Waals surface area contributed by atoms with E-state index in [2.05, 4.69) is 13.0 Å². The molecule has 0 N–H and O–H groups in total. The van der Waals surface area contributed by atoms with Crippen LogP contribution < -0.4 is 29.6 Å². The Kier molecular flexibility index (Phi) is 10.3. The first-order valence-corrected chi connectivity index (χ1v) is 10.4. The van der Waals surface area contributed by atoms with Gasteiger partial charge in [-0.2, -0.15) is 0 Å². The van der Waals surface area contributed by atoms with E-state index in [4.69, 9.17) is 0 Å². The minimum Gasteiger partial charge on any atom is -0.744 e. The van der Waals surface area contributed by atoms with Crippen LogP contribution in [0.15, 0.2) is 41.3 Å². The molecular weight excluding hydrogens is 343 g/mol. The molecule has 2 aromatic rings. The van der Waals surface area contributed by atoms with Gasteiger partial charge >= 0.3 is 29.6 Å². The van der Waals surface area contributed by atoms with E-state index >= 15 is 0 Å². The molecule has 3 nitrogen and oxygen atoms in total. The van der Waals surface area contributed by atoms with Crippen LogP contribution in [0.1, 0.15) is 63.9 Å². The summed E-state index contributed by atoms with van der Waals surface area (Å²) in [6.45, 7) is 2.24. The third kappa shape index (κ3) is 7.79. The number of hydrogen-bond donors (Lipinski definition) is 0. The Labute approximate surface area is 174 Å². The fraction of sp³-hybridized carbons (Fsp3) is 0.500. The van der Waals surface area contributed by atoms with E-state index < -0.39 is 10.1 Å². The second kappa shape index (κ2) is 11.3. The summed E-state index contributed by atoms with van der Waals surface area (Å²) in [4.78, 5) is -0.161. The van der Waals surface area contributed by atoms with Crippen LogP contribution in [0.2, 0.25) is 0 Å². The molecule has 0 heterocycles. The molecule has 2 aromatic carbocycles. The molecule has 0 fully saturated rings. The van der Waals surface area contributed by atoms with E-state index in [9.17, 15) is 13.0 Å². The zero-order valence-electron chi connectivity index (χ0n) is 15.5. The monoisotopic (exact) mass is 370 g/mol. The minimum atomic E-state index is -4.38. The Bertz CT molecular complexity index is 757. The predicted molar refractivity (Wildman–Crippen MR) is 98.2 cm³/mol. The Morgan fingerprint density at radius 3 is 2.00 bits per heavy atom. The largest absolute Gasteiger partial charge is 1.00 e. The normalized spacial score (nSPS) is 11.4. The first-order chi connectivity index (χ1) is 11.5. The van der Waals surface area contributed by atoms with Gasteiger partial charge in [0.05, 0.1) is 4.90 Å². The van der Waals surface area contributed by atoms with E-state index in [-0.39, 0.29) is 34.5 Å². The Morgan fingerprint density at radius 1 is 0.800 bits per heavy atom. The average molecular weight is 370 g/mol. The maximum absolute atomic E-state index is 11.1. The molecule has 132 valence electrons. The van der Waals surface area contributed by atoms with Crippen molar-refractivity contribution in [2.24, 2.45) is 0 Å².